The third-order valence-corrected chi connectivity index (χ3v) is 2.01. The first-order chi connectivity index (χ1) is 6.07. The highest BCUT2D eigenvalue weighted by molar-refractivity contribution is 5.76. The van der Waals surface area contributed by atoms with Crippen molar-refractivity contribution in [2.45, 2.75) is 32.7 Å². The fourth-order valence-corrected chi connectivity index (χ4v) is 1.23. The summed E-state index contributed by atoms with van der Waals surface area (Å²) in [5.41, 5.74) is 5.24. The maximum absolute atomic E-state index is 8.79. The molecule has 0 spiro atoms. The third kappa shape index (κ3) is 6.54. The first-order valence-electron chi connectivity index (χ1n) is 4.75. The van der Waals surface area contributed by atoms with Gasteiger partial charge in [0.25, 0.3) is 0 Å². The molecule has 0 aromatic rings. The minimum Gasteiger partial charge on any atom is -0.395 e. The summed E-state index contributed by atoms with van der Waals surface area (Å²) in [5, 5.41) is 15.8. The van der Waals surface area contributed by atoms with Gasteiger partial charge in [0.15, 0.2) is 0 Å². The molecular formula is C9H21N3O. The van der Waals surface area contributed by atoms with Crippen molar-refractivity contribution in [1.29, 1.82) is 5.41 Å². The molecule has 0 aromatic carbocycles. The van der Waals surface area contributed by atoms with E-state index in [0.29, 0.717) is 19.0 Å². The molecule has 0 aliphatic heterocycles. The monoisotopic (exact) mass is 187 g/mol. The summed E-state index contributed by atoms with van der Waals surface area (Å²) in [7, 11) is 0. The van der Waals surface area contributed by atoms with Crippen LogP contribution in [0.2, 0.25) is 0 Å². The zero-order valence-electron chi connectivity index (χ0n) is 8.58. The number of aliphatic hydroxyl groups is 1. The van der Waals surface area contributed by atoms with Crippen LogP contribution in [0.3, 0.4) is 0 Å². The zero-order chi connectivity index (χ0) is 10.3. The van der Waals surface area contributed by atoms with Crippen LogP contribution in [0.15, 0.2) is 0 Å². The fraction of sp³-hybridized carbons (Fsp3) is 0.889. The maximum atomic E-state index is 8.79. The van der Waals surface area contributed by atoms with Gasteiger partial charge in [0.1, 0.15) is 0 Å². The number of hydrogen-bond acceptors (Lipinski definition) is 3. The summed E-state index contributed by atoms with van der Waals surface area (Å²) in [6, 6.07) is 0.444. The van der Waals surface area contributed by atoms with Gasteiger partial charge in [-0.3, -0.25) is 10.3 Å². The van der Waals surface area contributed by atoms with Gasteiger partial charge in [-0.1, -0.05) is 0 Å². The van der Waals surface area contributed by atoms with Crippen LogP contribution in [-0.4, -0.2) is 41.6 Å². The Morgan fingerprint density at radius 2 is 2.08 bits per heavy atom. The number of hydrogen-bond donors (Lipinski definition) is 3. The Kier molecular flexibility index (Phi) is 6.54. The largest absolute Gasteiger partial charge is 0.395 e. The molecule has 0 aromatic heterocycles. The van der Waals surface area contributed by atoms with Gasteiger partial charge in [-0.25, -0.2) is 0 Å². The Morgan fingerprint density at radius 1 is 1.46 bits per heavy atom. The van der Waals surface area contributed by atoms with E-state index in [1.165, 1.54) is 0 Å². The quantitative estimate of drug-likeness (QED) is 0.399. The highest BCUT2D eigenvalue weighted by Gasteiger charge is 2.07. The van der Waals surface area contributed by atoms with Crippen molar-refractivity contribution in [2.24, 2.45) is 5.73 Å². The van der Waals surface area contributed by atoms with Gasteiger partial charge in [0.05, 0.1) is 12.4 Å². The first-order valence-corrected chi connectivity index (χ1v) is 4.75. The summed E-state index contributed by atoms with van der Waals surface area (Å²) in [4.78, 5) is 2.18. The van der Waals surface area contributed by atoms with E-state index in [9.17, 15) is 0 Å². The molecule has 4 N–H and O–H groups in total. The van der Waals surface area contributed by atoms with E-state index in [1.54, 1.807) is 0 Å². The van der Waals surface area contributed by atoms with Crippen LogP contribution in [0.1, 0.15) is 26.7 Å². The molecule has 4 heteroatoms. The molecule has 0 radical (unpaired) electrons. The molecule has 0 heterocycles. The van der Waals surface area contributed by atoms with Crippen LogP contribution in [-0.2, 0) is 0 Å². The molecule has 0 fully saturated rings. The van der Waals surface area contributed by atoms with Crippen LogP contribution in [0, 0.1) is 5.41 Å². The summed E-state index contributed by atoms with van der Waals surface area (Å²) in [6.07, 6.45) is 1.54. The molecule has 0 amide bonds. The molecule has 4 nitrogen and oxygen atoms in total. The topological polar surface area (TPSA) is 73.3 Å². The molecular weight excluding hydrogens is 166 g/mol. The van der Waals surface area contributed by atoms with E-state index < -0.39 is 0 Å². The SMILES string of the molecule is CC(C)N(CCO)CCCC(=N)N. The van der Waals surface area contributed by atoms with Crippen LogP contribution in [0.25, 0.3) is 0 Å². The second kappa shape index (κ2) is 6.86. The second-order valence-corrected chi connectivity index (χ2v) is 3.48. The standard InChI is InChI=1S/C9H21N3O/c1-8(2)12(6-7-13)5-3-4-9(10)11/h8,13H,3-7H2,1-2H3,(H3,10,11). The number of aliphatic hydroxyl groups excluding tert-OH is 1. The van der Waals surface area contributed by atoms with Gasteiger partial charge in [-0.2, -0.15) is 0 Å². The van der Waals surface area contributed by atoms with Crippen LogP contribution >= 0.6 is 0 Å². The number of nitrogens with two attached hydrogens (primary N) is 1. The van der Waals surface area contributed by atoms with Crippen molar-refractivity contribution in [3.8, 4) is 0 Å². The average Bonchev–Trinajstić information content (AvgIpc) is 2.02. The van der Waals surface area contributed by atoms with Gasteiger partial charge in [0, 0.05) is 19.0 Å². The highest BCUT2D eigenvalue weighted by Crippen LogP contribution is 2.00. The van der Waals surface area contributed by atoms with Crippen molar-refractivity contribution in [1.82, 2.24) is 4.90 Å². The molecule has 0 saturated carbocycles. The number of nitrogens with zero attached hydrogens (tertiary/aromatic N) is 1. The van der Waals surface area contributed by atoms with E-state index >= 15 is 0 Å². The Bertz CT molecular complexity index is 148. The minimum atomic E-state index is 0.193. The van der Waals surface area contributed by atoms with Gasteiger partial charge >= 0.3 is 0 Å². The lowest BCUT2D eigenvalue weighted by Crippen LogP contribution is -2.34. The van der Waals surface area contributed by atoms with Crippen LogP contribution in [0.5, 0.6) is 0 Å². The molecule has 0 atom stereocenters. The molecule has 78 valence electrons. The second-order valence-electron chi connectivity index (χ2n) is 3.48. The van der Waals surface area contributed by atoms with Crippen molar-refractivity contribution < 1.29 is 5.11 Å². The lowest BCUT2D eigenvalue weighted by molar-refractivity contribution is 0.165. The van der Waals surface area contributed by atoms with Crippen molar-refractivity contribution in [3.63, 3.8) is 0 Å². The highest BCUT2D eigenvalue weighted by atomic mass is 16.3. The zero-order valence-corrected chi connectivity index (χ0v) is 8.58. The summed E-state index contributed by atoms with van der Waals surface area (Å²) >= 11 is 0. The molecule has 0 rings (SSSR count). The van der Waals surface area contributed by atoms with E-state index in [4.69, 9.17) is 16.2 Å². The average molecular weight is 187 g/mol. The van der Waals surface area contributed by atoms with Crippen molar-refractivity contribution in [2.75, 3.05) is 19.7 Å². The summed E-state index contributed by atoms with van der Waals surface area (Å²) < 4.78 is 0. The van der Waals surface area contributed by atoms with Gasteiger partial charge in [-0.15, -0.1) is 0 Å². The van der Waals surface area contributed by atoms with Gasteiger partial charge < -0.3 is 10.8 Å². The normalized spacial score (nSPS) is 11.2. The Morgan fingerprint density at radius 3 is 2.46 bits per heavy atom. The van der Waals surface area contributed by atoms with E-state index in [2.05, 4.69) is 18.7 Å². The van der Waals surface area contributed by atoms with Crippen molar-refractivity contribution in [3.05, 3.63) is 0 Å². The number of rotatable bonds is 7. The molecule has 0 bridgehead atoms. The Balaban J connectivity index is 3.62. The molecule has 13 heavy (non-hydrogen) atoms. The maximum Gasteiger partial charge on any atom is 0.0905 e. The predicted molar refractivity (Wildman–Crippen MR) is 54.9 cm³/mol. The number of nitrogens with one attached hydrogen (secondary N) is 1. The third-order valence-electron chi connectivity index (χ3n) is 2.01. The lowest BCUT2D eigenvalue weighted by Gasteiger charge is -2.25. The van der Waals surface area contributed by atoms with E-state index in [0.717, 1.165) is 13.0 Å². The fourth-order valence-electron chi connectivity index (χ4n) is 1.23. The predicted octanol–water partition coefficient (Wildman–Crippen LogP) is 0.405. The first kappa shape index (κ1) is 12.4. The number of amidine groups is 1. The minimum absolute atomic E-state index is 0.193. The lowest BCUT2D eigenvalue weighted by atomic mass is 10.2. The Hall–Kier alpha value is -0.610. The van der Waals surface area contributed by atoms with Gasteiger partial charge in [0.2, 0.25) is 0 Å². The molecule has 0 aliphatic carbocycles. The van der Waals surface area contributed by atoms with E-state index in [1.807, 2.05) is 0 Å². The van der Waals surface area contributed by atoms with Crippen LogP contribution < -0.4 is 5.73 Å². The van der Waals surface area contributed by atoms with Crippen LogP contribution in [0.4, 0.5) is 0 Å². The molecule has 0 aliphatic rings. The summed E-state index contributed by atoms with van der Waals surface area (Å²) in [5.74, 6) is 0.243. The van der Waals surface area contributed by atoms with Crippen molar-refractivity contribution >= 4 is 5.84 Å². The van der Waals surface area contributed by atoms with Gasteiger partial charge in [-0.05, 0) is 26.8 Å². The molecule has 0 unspecified atom stereocenters. The molecule has 0 saturated heterocycles. The Labute approximate surface area is 80.2 Å². The smallest absolute Gasteiger partial charge is 0.0905 e. The summed E-state index contributed by atoms with van der Waals surface area (Å²) in [6.45, 7) is 6.00. The van der Waals surface area contributed by atoms with E-state index in [-0.39, 0.29) is 12.4 Å².